The van der Waals surface area contributed by atoms with Crippen molar-refractivity contribution in [2.75, 3.05) is 0 Å². The number of aromatic nitrogens is 1. The maximum Gasteiger partial charge on any atom is 0.326 e. The molecule has 0 radical (unpaired) electrons. The van der Waals surface area contributed by atoms with Crippen LogP contribution in [0.5, 0.6) is 0 Å². The first kappa shape index (κ1) is 25.0. The Morgan fingerprint density at radius 2 is 1.62 bits per heavy atom. The maximum atomic E-state index is 13.7. The molecule has 0 bridgehead atoms. The van der Waals surface area contributed by atoms with E-state index < -0.39 is 23.3 Å². The fourth-order valence-corrected chi connectivity index (χ4v) is 6.61. The number of carbonyl (C=O) groups excluding carboxylic acids is 1. The molecule has 3 aliphatic rings. The first-order valence-electron chi connectivity index (χ1n) is 13.7. The smallest absolute Gasteiger partial charge is 0.326 e. The number of fused-ring (bicyclic) bond motifs is 1. The van der Waals surface area contributed by atoms with E-state index in [1.165, 1.54) is 32.1 Å². The molecule has 6 heteroatoms. The van der Waals surface area contributed by atoms with Gasteiger partial charge in [-0.25, -0.2) is 4.79 Å². The van der Waals surface area contributed by atoms with E-state index in [1.54, 1.807) is 6.07 Å². The SMILES string of the molecule is CC1(C(NC(=O)c2cc3c(n(CC4CCCCC4)c2=O)CCCCCC3)C(=O)O)CCCCC1. The summed E-state index contributed by atoms with van der Waals surface area (Å²) in [6, 6.07) is 0.811. The summed E-state index contributed by atoms with van der Waals surface area (Å²) in [6.45, 7) is 2.65. The highest BCUT2D eigenvalue weighted by molar-refractivity contribution is 5.96. The molecular weight excluding hydrogens is 428 g/mol. The van der Waals surface area contributed by atoms with Gasteiger partial charge in [-0.15, -0.1) is 0 Å². The molecule has 2 fully saturated rings. The van der Waals surface area contributed by atoms with Gasteiger partial charge < -0.3 is 15.0 Å². The van der Waals surface area contributed by atoms with E-state index in [9.17, 15) is 19.5 Å². The summed E-state index contributed by atoms with van der Waals surface area (Å²) in [5.74, 6) is -1.05. The van der Waals surface area contributed by atoms with Crippen molar-refractivity contribution in [3.05, 3.63) is 33.2 Å². The predicted octanol–water partition coefficient (Wildman–Crippen LogP) is 5.24. The van der Waals surface area contributed by atoms with Crippen LogP contribution >= 0.6 is 0 Å². The number of pyridine rings is 1. The van der Waals surface area contributed by atoms with Crippen molar-refractivity contribution in [1.82, 2.24) is 9.88 Å². The van der Waals surface area contributed by atoms with Crippen molar-refractivity contribution in [3.63, 3.8) is 0 Å². The van der Waals surface area contributed by atoms with Gasteiger partial charge in [0.15, 0.2) is 0 Å². The number of hydrogen-bond donors (Lipinski definition) is 2. The zero-order valence-corrected chi connectivity index (χ0v) is 20.9. The van der Waals surface area contributed by atoms with Crippen LogP contribution in [0.4, 0.5) is 0 Å². The minimum Gasteiger partial charge on any atom is -0.480 e. The average molecular weight is 471 g/mol. The molecule has 4 rings (SSSR count). The molecule has 0 spiro atoms. The van der Waals surface area contributed by atoms with Crippen molar-refractivity contribution in [2.45, 2.75) is 122 Å². The molecular formula is C28H42N2O4. The number of carboxylic acids is 1. The van der Waals surface area contributed by atoms with Crippen molar-refractivity contribution in [2.24, 2.45) is 11.3 Å². The van der Waals surface area contributed by atoms with Crippen molar-refractivity contribution >= 4 is 11.9 Å². The van der Waals surface area contributed by atoms with E-state index in [2.05, 4.69) is 5.32 Å². The standard InChI is InChI=1S/C28H42N2O4/c1-28(16-10-5-11-17-28)24(27(33)34)29-25(31)22-18-21-14-8-2-3-9-15-23(21)30(26(22)32)19-20-12-6-4-7-13-20/h18,20,24H,2-17,19H2,1H3,(H,29,31)(H,33,34). The topological polar surface area (TPSA) is 88.4 Å². The van der Waals surface area contributed by atoms with Crippen LogP contribution in [-0.4, -0.2) is 27.6 Å². The van der Waals surface area contributed by atoms with Crippen molar-refractivity contribution in [3.8, 4) is 0 Å². The lowest BCUT2D eigenvalue weighted by atomic mass is 9.70. The highest BCUT2D eigenvalue weighted by Crippen LogP contribution is 2.39. The Morgan fingerprint density at radius 3 is 2.29 bits per heavy atom. The third-order valence-electron chi connectivity index (χ3n) is 8.73. The number of carboxylic acid groups (broad SMARTS) is 1. The molecule has 188 valence electrons. The Kier molecular flexibility index (Phi) is 8.15. The largest absolute Gasteiger partial charge is 0.480 e. The summed E-state index contributed by atoms with van der Waals surface area (Å²) in [5, 5.41) is 12.8. The molecule has 6 nitrogen and oxygen atoms in total. The number of nitrogens with one attached hydrogen (secondary N) is 1. The number of hydrogen-bond acceptors (Lipinski definition) is 3. The van der Waals surface area contributed by atoms with Crippen LogP contribution in [-0.2, 0) is 24.2 Å². The monoisotopic (exact) mass is 470 g/mol. The van der Waals surface area contributed by atoms with Crippen LogP contribution in [0.3, 0.4) is 0 Å². The predicted molar refractivity (Wildman–Crippen MR) is 133 cm³/mol. The summed E-state index contributed by atoms with van der Waals surface area (Å²) in [4.78, 5) is 39.4. The second kappa shape index (κ2) is 11.1. The van der Waals surface area contributed by atoms with Crippen LogP contribution in [0.1, 0.15) is 118 Å². The zero-order chi connectivity index (χ0) is 24.1. The Hall–Kier alpha value is -2.11. The number of rotatable bonds is 6. The van der Waals surface area contributed by atoms with Crippen LogP contribution in [0.25, 0.3) is 0 Å². The van der Waals surface area contributed by atoms with Gasteiger partial charge in [0.25, 0.3) is 11.5 Å². The summed E-state index contributed by atoms with van der Waals surface area (Å²) >= 11 is 0. The quantitative estimate of drug-likeness (QED) is 0.595. The summed E-state index contributed by atoms with van der Waals surface area (Å²) < 4.78 is 1.91. The van der Waals surface area contributed by atoms with E-state index in [-0.39, 0.29) is 11.1 Å². The van der Waals surface area contributed by atoms with Gasteiger partial charge in [0.2, 0.25) is 0 Å². The lowest BCUT2D eigenvalue weighted by molar-refractivity contribution is -0.143. The van der Waals surface area contributed by atoms with Gasteiger partial charge in [0.1, 0.15) is 11.6 Å². The molecule has 0 saturated heterocycles. The van der Waals surface area contributed by atoms with E-state index in [4.69, 9.17) is 0 Å². The second-order valence-electron chi connectivity index (χ2n) is 11.3. The highest BCUT2D eigenvalue weighted by Gasteiger charge is 2.41. The Morgan fingerprint density at radius 1 is 1.00 bits per heavy atom. The molecule has 1 aromatic rings. The minimum absolute atomic E-state index is 0.126. The minimum atomic E-state index is -1.01. The Labute approximate surface area is 203 Å². The normalized spacial score (nSPS) is 22.1. The zero-order valence-electron chi connectivity index (χ0n) is 20.9. The molecule has 34 heavy (non-hydrogen) atoms. The van der Waals surface area contributed by atoms with Crippen LogP contribution in [0.2, 0.25) is 0 Å². The lowest BCUT2D eigenvalue weighted by Crippen LogP contribution is -2.53. The molecule has 1 atom stereocenters. The summed E-state index contributed by atoms with van der Waals surface area (Å²) in [6.07, 6.45) is 16.8. The fourth-order valence-electron chi connectivity index (χ4n) is 6.61. The van der Waals surface area contributed by atoms with Crippen LogP contribution in [0, 0.1) is 11.3 Å². The number of nitrogens with zero attached hydrogens (tertiary/aromatic N) is 1. The van der Waals surface area contributed by atoms with E-state index in [0.29, 0.717) is 12.5 Å². The first-order valence-corrected chi connectivity index (χ1v) is 13.7. The van der Waals surface area contributed by atoms with Gasteiger partial charge in [-0.1, -0.05) is 58.3 Å². The van der Waals surface area contributed by atoms with Crippen molar-refractivity contribution in [1.29, 1.82) is 0 Å². The number of amides is 1. The van der Waals surface area contributed by atoms with E-state index >= 15 is 0 Å². The van der Waals surface area contributed by atoms with Gasteiger partial charge in [0.05, 0.1) is 0 Å². The van der Waals surface area contributed by atoms with Gasteiger partial charge in [0, 0.05) is 12.2 Å². The highest BCUT2D eigenvalue weighted by atomic mass is 16.4. The van der Waals surface area contributed by atoms with Gasteiger partial charge in [-0.2, -0.15) is 0 Å². The molecule has 3 aliphatic carbocycles. The molecule has 0 aliphatic heterocycles. The lowest BCUT2D eigenvalue weighted by Gasteiger charge is -2.38. The summed E-state index contributed by atoms with van der Waals surface area (Å²) in [5.41, 5.74) is 1.63. The third-order valence-corrected chi connectivity index (χ3v) is 8.73. The van der Waals surface area contributed by atoms with Gasteiger partial charge >= 0.3 is 5.97 Å². The van der Waals surface area contributed by atoms with Crippen LogP contribution < -0.4 is 10.9 Å². The molecule has 2 saturated carbocycles. The summed E-state index contributed by atoms with van der Waals surface area (Å²) in [7, 11) is 0. The molecule has 1 heterocycles. The first-order chi connectivity index (χ1) is 16.4. The molecule has 1 amide bonds. The Bertz CT molecular complexity index is 938. The van der Waals surface area contributed by atoms with E-state index in [1.807, 2.05) is 11.5 Å². The second-order valence-corrected chi connectivity index (χ2v) is 11.3. The number of carbonyl (C=O) groups is 2. The molecule has 0 aromatic carbocycles. The van der Waals surface area contributed by atoms with Gasteiger partial charge in [-0.3, -0.25) is 9.59 Å². The van der Waals surface area contributed by atoms with Gasteiger partial charge in [-0.05, 0) is 74.3 Å². The maximum absolute atomic E-state index is 13.7. The molecule has 1 aromatic heterocycles. The average Bonchev–Trinajstić information content (AvgIpc) is 2.81. The molecule has 1 unspecified atom stereocenters. The number of aryl methyl sites for hydroxylation is 1. The van der Waals surface area contributed by atoms with Crippen molar-refractivity contribution < 1.29 is 14.7 Å². The Balaban J connectivity index is 1.67. The fraction of sp³-hybridized carbons (Fsp3) is 0.750. The molecule has 2 N–H and O–H groups in total. The number of aliphatic carboxylic acids is 1. The third kappa shape index (κ3) is 5.58. The van der Waals surface area contributed by atoms with E-state index in [0.717, 1.165) is 81.9 Å². The van der Waals surface area contributed by atoms with Crippen LogP contribution in [0.15, 0.2) is 10.9 Å².